The van der Waals surface area contributed by atoms with Crippen molar-refractivity contribution < 1.29 is 9.59 Å². The Labute approximate surface area is 185 Å². The maximum absolute atomic E-state index is 12.9. The van der Waals surface area contributed by atoms with Crippen LogP contribution in [0.1, 0.15) is 53.1 Å². The van der Waals surface area contributed by atoms with Crippen LogP contribution in [0.5, 0.6) is 0 Å². The predicted molar refractivity (Wildman–Crippen MR) is 123 cm³/mol. The Kier molecular flexibility index (Phi) is 8.59. The van der Waals surface area contributed by atoms with E-state index in [0.29, 0.717) is 24.3 Å². The van der Waals surface area contributed by atoms with Gasteiger partial charge in [0, 0.05) is 52.0 Å². The normalized spacial score (nSPS) is 14.5. The molecule has 166 valence electrons. The Morgan fingerprint density at radius 2 is 1.61 bits per heavy atom. The Morgan fingerprint density at radius 3 is 2.19 bits per heavy atom. The molecule has 0 atom stereocenters. The van der Waals surface area contributed by atoms with Gasteiger partial charge >= 0.3 is 0 Å². The first-order valence-corrected chi connectivity index (χ1v) is 11.4. The van der Waals surface area contributed by atoms with Gasteiger partial charge in [0.05, 0.1) is 5.56 Å². The topological polar surface area (TPSA) is 56.8 Å². The lowest BCUT2D eigenvalue weighted by molar-refractivity contribution is 0.0631. The van der Waals surface area contributed by atoms with Crippen LogP contribution < -0.4 is 0 Å². The number of benzene rings is 1. The molecule has 0 spiro atoms. The van der Waals surface area contributed by atoms with Gasteiger partial charge in [0.1, 0.15) is 5.69 Å². The molecule has 1 aliphatic heterocycles. The van der Waals surface area contributed by atoms with Gasteiger partial charge in [-0.2, -0.15) is 0 Å². The second-order valence-corrected chi connectivity index (χ2v) is 8.09. The third kappa shape index (κ3) is 6.37. The number of carbonyl (C=O) groups is 2. The van der Waals surface area contributed by atoms with Crippen LogP contribution in [0.3, 0.4) is 0 Å². The van der Waals surface area contributed by atoms with Gasteiger partial charge in [-0.1, -0.05) is 44.2 Å². The van der Waals surface area contributed by atoms with Gasteiger partial charge in [-0.3, -0.25) is 19.5 Å². The number of pyridine rings is 1. The highest BCUT2D eigenvalue weighted by Crippen LogP contribution is 2.11. The number of amides is 2. The van der Waals surface area contributed by atoms with Crippen molar-refractivity contribution in [1.29, 1.82) is 0 Å². The van der Waals surface area contributed by atoms with Gasteiger partial charge in [0.2, 0.25) is 0 Å². The molecule has 31 heavy (non-hydrogen) atoms. The third-order valence-electron chi connectivity index (χ3n) is 5.72. The molecule has 1 fully saturated rings. The molecule has 0 saturated carbocycles. The molecule has 1 aliphatic rings. The average Bonchev–Trinajstić information content (AvgIpc) is 2.83. The molecule has 0 N–H and O–H groups in total. The highest BCUT2D eigenvalue weighted by Gasteiger charge is 2.23. The van der Waals surface area contributed by atoms with Crippen molar-refractivity contribution in [1.82, 2.24) is 19.7 Å². The smallest absolute Gasteiger partial charge is 0.272 e. The molecule has 0 bridgehead atoms. The van der Waals surface area contributed by atoms with E-state index in [0.717, 1.165) is 52.0 Å². The van der Waals surface area contributed by atoms with Gasteiger partial charge in [0.15, 0.2) is 0 Å². The van der Waals surface area contributed by atoms with E-state index in [4.69, 9.17) is 0 Å². The van der Waals surface area contributed by atoms with E-state index >= 15 is 0 Å². The van der Waals surface area contributed by atoms with Gasteiger partial charge in [0.25, 0.3) is 11.8 Å². The Hall–Kier alpha value is -2.73. The van der Waals surface area contributed by atoms with Crippen LogP contribution in [0.25, 0.3) is 0 Å². The minimum Gasteiger partial charge on any atom is -0.339 e. The minimum atomic E-state index is -0.0549. The molecule has 2 amide bonds. The van der Waals surface area contributed by atoms with Crippen molar-refractivity contribution in [2.24, 2.45) is 0 Å². The number of aromatic nitrogens is 1. The van der Waals surface area contributed by atoms with E-state index in [9.17, 15) is 9.59 Å². The molecule has 2 aromatic rings. The first-order valence-electron chi connectivity index (χ1n) is 11.4. The fourth-order valence-corrected chi connectivity index (χ4v) is 3.95. The van der Waals surface area contributed by atoms with Crippen LogP contribution in [-0.4, -0.2) is 77.3 Å². The van der Waals surface area contributed by atoms with Crippen LogP contribution in [0, 0.1) is 0 Å². The van der Waals surface area contributed by atoms with E-state index in [2.05, 4.69) is 48.0 Å². The highest BCUT2D eigenvalue weighted by molar-refractivity contribution is 5.96. The quantitative estimate of drug-likeness (QED) is 0.622. The lowest BCUT2D eigenvalue weighted by Crippen LogP contribution is -2.49. The first-order chi connectivity index (χ1) is 15.1. The van der Waals surface area contributed by atoms with Crippen molar-refractivity contribution in [3.8, 4) is 0 Å². The highest BCUT2D eigenvalue weighted by atomic mass is 16.2. The van der Waals surface area contributed by atoms with E-state index in [1.54, 1.807) is 18.3 Å². The zero-order valence-corrected chi connectivity index (χ0v) is 18.8. The summed E-state index contributed by atoms with van der Waals surface area (Å²) in [4.78, 5) is 36.0. The summed E-state index contributed by atoms with van der Waals surface area (Å²) in [6.45, 7) is 9.77. The Balaban J connectivity index is 1.51. The monoisotopic (exact) mass is 422 g/mol. The molecule has 3 rings (SSSR count). The van der Waals surface area contributed by atoms with Crippen molar-refractivity contribution in [3.05, 3.63) is 65.5 Å². The predicted octanol–water partition coefficient (Wildman–Crippen LogP) is 3.34. The summed E-state index contributed by atoms with van der Waals surface area (Å²) < 4.78 is 0. The van der Waals surface area contributed by atoms with Crippen molar-refractivity contribution in [2.45, 2.75) is 33.1 Å². The molecular formula is C25H34N4O2. The maximum Gasteiger partial charge on any atom is 0.272 e. The fourth-order valence-electron chi connectivity index (χ4n) is 3.95. The average molecular weight is 423 g/mol. The molecule has 1 aromatic carbocycles. The van der Waals surface area contributed by atoms with Crippen molar-refractivity contribution in [3.63, 3.8) is 0 Å². The van der Waals surface area contributed by atoms with Crippen LogP contribution in [0.15, 0.2) is 48.7 Å². The van der Waals surface area contributed by atoms with E-state index in [-0.39, 0.29) is 11.8 Å². The van der Waals surface area contributed by atoms with Gasteiger partial charge in [-0.15, -0.1) is 0 Å². The molecule has 1 aromatic heterocycles. The molecule has 2 heterocycles. The van der Waals surface area contributed by atoms with Gasteiger partial charge in [-0.25, -0.2) is 0 Å². The maximum atomic E-state index is 12.9. The zero-order valence-electron chi connectivity index (χ0n) is 18.8. The molecular weight excluding hydrogens is 388 g/mol. The summed E-state index contributed by atoms with van der Waals surface area (Å²) in [6.07, 6.45) is 4.42. The molecule has 0 unspecified atom stereocenters. The number of rotatable bonds is 9. The van der Waals surface area contributed by atoms with Crippen molar-refractivity contribution >= 4 is 11.8 Å². The number of piperazine rings is 1. The summed E-state index contributed by atoms with van der Waals surface area (Å²) in [5.41, 5.74) is 2.30. The molecule has 1 saturated heterocycles. The SMILES string of the molecule is CCCN(CCC)C(=O)c1ccc(C(=O)N2CCN(CCc3ccccc3)CC2)nc1. The Bertz CT molecular complexity index is 824. The van der Waals surface area contributed by atoms with Crippen LogP contribution in [0.2, 0.25) is 0 Å². The summed E-state index contributed by atoms with van der Waals surface area (Å²) in [7, 11) is 0. The number of carbonyl (C=O) groups excluding carboxylic acids is 2. The minimum absolute atomic E-state index is 0.0118. The van der Waals surface area contributed by atoms with Crippen molar-refractivity contribution in [2.75, 3.05) is 45.8 Å². The first kappa shape index (κ1) is 22.9. The van der Waals surface area contributed by atoms with Crippen LogP contribution in [0.4, 0.5) is 0 Å². The number of hydrogen-bond donors (Lipinski definition) is 0. The molecule has 0 radical (unpaired) electrons. The fraction of sp³-hybridized carbons (Fsp3) is 0.480. The van der Waals surface area contributed by atoms with E-state index in [1.165, 1.54) is 5.56 Å². The standard InChI is InChI=1S/C25H34N4O2/c1-3-13-28(14-4-2)24(30)22-10-11-23(26-20-22)25(31)29-18-16-27(17-19-29)15-12-21-8-6-5-7-9-21/h5-11,20H,3-4,12-19H2,1-2H3. The van der Waals surface area contributed by atoms with E-state index < -0.39 is 0 Å². The molecule has 0 aliphatic carbocycles. The van der Waals surface area contributed by atoms with E-state index in [1.807, 2.05) is 15.9 Å². The Morgan fingerprint density at radius 1 is 0.935 bits per heavy atom. The lowest BCUT2D eigenvalue weighted by atomic mass is 10.1. The summed E-state index contributed by atoms with van der Waals surface area (Å²) in [5, 5.41) is 0. The van der Waals surface area contributed by atoms with Gasteiger partial charge < -0.3 is 9.80 Å². The van der Waals surface area contributed by atoms with Crippen LogP contribution in [-0.2, 0) is 6.42 Å². The zero-order chi connectivity index (χ0) is 22.1. The molecule has 6 heteroatoms. The number of hydrogen-bond acceptors (Lipinski definition) is 4. The summed E-state index contributed by atoms with van der Waals surface area (Å²) >= 11 is 0. The largest absolute Gasteiger partial charge is 0.339 e. The molecule has 6 nitrogen and oxygen atoms in total. The second-order valence-electron chi connectivity index (χ2n) is 8.09. The number of nitrogens with zero attached hydrogens (tertiary/aromatic N) is 4. The lowest BCUT2D eigenvalue weighted by Gasteiger charge is -2.34. The summed E-state index contributed by atoms with van der Waals surface area (Å²) in [6, 6.07) is 13.9. The van der Waals surface area contributed by atoms with Crippen LogP contribution >= 0.6 is 0 Å². The second kappa shape index (κ2) is 11.6. The third-order valence-corrected chi connectivity index (χ3v) is 5.72. The summed E-state index contributed by atoms with van der Waals surface area (Å²) in [5.74, 6) is -0.0667. The van der Waals surface area contributed by atoms with Gasteiger partial charge in [-0.05, 0) is 37.0 Å².